The summed E-state index contributed by atoms with van der Waals surface area (Å²) < 4.78 is 0. The normalized spacial score (nSPS) is 11.7. The molecule has 0 saturated heterocycles. The highest BCUT2D eigenvalue weighted by Crippen LogP contribution is 2.20. The van der Waals surface area contributed by atoms with E-state index in [1.165, 1.54) is 0 Å². The van der Waals surface area contributed by atoms with Gasteiger partial charge in [-0.1, -0.05) is 41.9 Å². The fourth-order valence-electron chi connectivity index (χ4n) is 2.49. The predicted molar refractivity (Wildman–Crippen MR) is 107 cm³/mol. The number of likely N-dealkylation sites (N-methyl/N-ethyl adjacent to an activating group) is 1. The van der Waals surface area contributed by atoms with Crippen LogP contribution in [0.2, 0.25) is 5.02 Å². The summed E-state index contributed by atoms with van der Waals surface area (Å²) in [5.41, 5.74) is 0.939. The molecule has 2 rings (SSSR count). The molecule has 0 aliphatic heterocycles. The first-order chi connectivity index (χ1) is 12.5. The van der Waals surface area contributed by atoms with Crippen LogP contribution in [0, 0.1) is 0 Å². The maximum Gasteiger partial charge on any atom is 0.242 e. The molecule has 2 aromatic carbocycles. The summed E-state index contributed by atoms with van der Waals surface area (Å²) in [7, 11) is 1.58. The molecule has 0 heterocycles. The van der Waals surface area contributed by atoms with Crippen molar-refractivity contribution in [3.8, 4) is 0 Å². The molecule has 1 atom stereocenters. The van der Waals surface area contributed by atoms with Gasteiger partial charge in [0.05, 0.1) is 0 Å². The molecule has 0 aromatic heterocycles. The second-order valence-electron chi connectivity index (χ2n) is 5.85. The van der Waals surface area contributed by atoms with E-state index in [1.54, 1.807) is 42.8 Å². The lowest BCUT2D eigenvalue weighted by Gasteiger charge is -2.28. The molecule has 0 radical (unpaired) electrons. The van der Waals surface area contributed by atoms with Gasteiger partial charge in [0.25, 0.3) is 0 Å². The van der Waals surface area contributed by atoms with Gasteiger partial charge in [-0.2, -0.15) is 0 Å². The average molecular weight is 391 g/mol. The minimum atomic E-state index is -0.537. The van der Waals surface area contributed by atoms with Crippen LogP contribution in [0.4, 0.5) is 0 Å². The van der Waals surface area contributed by atoms with Crippen LogP contribution in [-0.2, 0) is 16.1 Å². The van der Waals surface area contributed by atoms with Gasteiger partial charge >= 0.3 is 0 Å². The molecule has 0 fully saturated rings. The van der Waals surface area contributed by atoms with Crippen molar-refractivity contribution in [1.82, 2.24) is 10.2 Å². The highest BCUT2D eigenvalue weighted by atomic mass is 35.5. The third kappa shape index (κ3) is 6.07. The van der Waals surface area contributed by atoms with Crippen LogP contribution in [0.1, 0.15) is 18.9 Å². The van der Waals surface area contributed by atoms with Crippen molar-refractivity contribution < 1.29 is 9.59 Å². The van der Waals surface area contributed by atoms with Crippen molar-refractivity contribution in [2.75, 3.05) is 12.8 Å². The zero-order chi connectivity index (χ0) is 18.9. The van der Waals surface area contributed by atoms with Gasteiger partial charge in [-0.3, -0.25) is 9.59 Å². The van der Waals surface area contributed by atoms with Crippen LogP contribution in [0.5, 0.6) is 0 Å². The first kappa shape index (κ1) is 20.3. The van der Waals surface area contributed by atoms with Gasteiger partial charge in [0, 0.05) is 35.7 Å². The highest BCUT2D eigenvalue weighted by molar-refractivity contribution is 7.99. The summed E-state index contributed by atoms with van der Waals surface area (Å²) in [5, 5.41) is 3.26. The van der Waals surface area contributed by atoms with Gasteiger partial charge in [-0.15, -0.1) is 11.8 Å². The van der Waals surface area contributed by atoms with Gasteiger partial charge in [-0.25, -0.2) is 0 Å². The number of carbonyl (C=O) groups excluding carboxylic acids is 2. The number of halogens is 1. The smallest absolute Gasteiger partial charge is 0.242 e. The molecular weight excluding hydrogens is 368 g/mol. The second-order valence-corrected chi connectivity index (χ2v) is 7.45. The topological polar surface area (TPSA) is 49.4 Å². The lowest BCUT2D eigenvalue weighted by molar-refractivity contribution is -0.140. The predicted octanol–water partition coefficient (Wildman–Crippen LogP) is 3.99. The van der Waals surface area contributed by atoms with Gasteiger partial charge < -0.3 is 10.2 Å². The summed E-state index contributed by atoms with van der Waals surface area (Å²) in [6.07, 6.45) is 0.370. The molecule has 6 heteroatoms. The Hall–Kier alpha value is -1.98. The Morgan fingerprint density at radius 2 is 1.77 bits per heavy atom. The molecule has 0 aliphatic carbocycles. The standard InChI is InChI=1S/C20H23ClN2O2S/c1-15(20(25)22-2)23(14-16-8-10-17(21)11-9-16)19(24)12-13-26-18-6-4-3-5-7-18/h3-11,15H,12-14H2,1-2H3,(H,22,25)/t15-/m1/s1. The van der Waals surface area contributed by atoms with E-state index in [9.17, 15) is 9.59 Å². The van der Waals surface area contributed by atoms with E-state index in [0.717, 1.165) is 10.5 Å². The molecule has 2 aromatic rings. The van der Waals surface area contributed by atoms with Crippen LogP contribution in [0.3, 0.4) is 0 Å². The monoisotopic (exact) mass is 390 g/mol. The number of nitrogens with one attached hydrogen (secondary N) is 1. The Labute approximate surface area is 163 Å². The Balaban J connectivity index is 2.02. The number of carbonyl (C=O) groups is 2. The first-order valence-corrected chi connectivity index (χ1v) is 9.81. The number of hydrogen-bond donors (Lipinski definition) is 1. The Bertz CT molecular complexity index is 722. The van der Waals surface area contributed by atoms with Gasteiger partial charge in [0.1, 0.15) is 6.04 Å². The molecule has 0 spiro atoms. The fraction of sp³-hybridized carbons (Fsp3) is 0.300. The van der Waals surface area contributed by atoms with Crippen LogP contribution < -0.4 is 5.32 Å². The fourth-order valence-corrected chi connectivity index (χ4v) is 3.48. The van der Waals surface area contributed by atoms with Crippen LogP contribution in [0.25, 0.3) is 0 Å². The zero-order valence-electron chi connectivity index (χ0n) is 14.9. The van der Waals surface area contributed by atoms with Crippen LogP contribution in [0.15, 0.2) is 59.5 Å². The molecule has 0 aliphatic rings. The Kier molecular flexibility index (Phi) is 8.01. The van der Waals surface area contributed by atoms with Gasteiger partial charge in [0.15, 0.2) is 0 Å². The summed E-state index contributed by atoms with van der Waals surface area (Å²) in [4.78, 5) is 27.6. The third-order valence-electron chi connectivity index (χ3n) is 4.01. The van der Waals surface area contributed by atoms with Gasteiger partial charge in [0.2, 0.25) is 11.8 Å². The molecule has 26 heavy (non-hydrogen) atoms. The van der Waals surface area contributed by atoms with E-state index in [1.807, 2.05) is 42.5 Å². The highest BCUT2D eigenvalue weighted by Gasteiger charge is 2.25. The lowest BCUT2D eigenvalue weighted by atomic mass is 10.1. The van der Waals surface area contributed by atoms with Crippen molar-refractivity contribution in [2.24, 2.45) is 0 Å². The van der Waals surface area contributed by atoms with Crippen molar-refractivity contribution in [2.45, 2.75) is 30.8 Å². The lowest BCUT2D eigenvalue weighted by Crippen LogP contribution is -2.46. The Morgan fingerprint density at radius 3 is 2.38 bits per heavy atom. The van der Waals surface area contributed by atoms with E-state index >= 15 is 0 Å². The maximum atomic E-state index is 12.8. The van der Waals surface area contributed by atoms with Crippen molar-refractivity contribution in [3.05, 3.63) is 65.2 Å². The summed E-state index contributed by atoms with van der Waals surface area (Å²) in [5.74, 6) is 0.447. The number of rotatable bonds is 8. The summed E-state index contributed by atoms with van der Waals surface area (Å²) in [6.45, 7) is 2.12. The first-order valence-electron chi connectivity index (χ1n) is 8.44. The number of amides is 2. The molecule has 138 valence electrons. The molecule has 0 saturated carbocycles. The van der Waals surface area contributed by atoms with Crippen LogP contribution >= 0.6 is 23.4 Å². The van der Waals surface area contributed by atoms with Crippen molar-refractivity contribution in [1.29, 1.82) is 0 Å². The van der Waals surface area contributed by atoms with E-state index < -0.39 is 6.04 Å². The average Bonchev–Trinajstić information content (AvgIpc) is 2.67. The quantitative estimate of drug-likeness (QED) is 0.693. The molecule has 4 nitrogen and oxygen atoms in total. The van der Waals surface area contributed by atoms with Crippen LogP contribution in [-0.4, -0.2) is 35.6 Å². The van der Waals surface area contributed by atoms with Gasteiger partial charge in [-0.05, 0) is 36.8 Å². The SMILES string of the molecule is CNC(=O)[C@@H](C)N(Cc1ccc(Cl)cc1)C(=O)CCSc1ccccc1. The van der Waals surface area contributed by atoms with Crippen molar-refractivity contribution >= 4 is 35.2 Å². The number of nitrogens with zero attached hydrogens (tertiary/aromatic N) is 1. The number of thioether (sulfide) groups is 1. The number of benzene rings is 2. The molecule has 0 unspecified atom stereocenters. The molecule has 0 bridgehead atoms. The Morgan fingerprint density at radius 1 is 1.12 bits per heavy atom. The van der Waals surface area contributed by atoms with Crippen molar-refractivity contribution in [3.63, 3.8) is 0 Å². The minimum absolute atomic E-state index is 0.0421. The third-order valence-corrected chi connectivity index (χ3v) is 5.27. The number of hydrogen-bond acceptors (Lipinski definition) is 3. The minimum Gasteiger partial charge on any atom is -0.357 e. The summed E-state index contributed by atoms with van der Waals surface area (Å²) >= 11 is 7.56. The second kappa shape index (κ2) is 10.2. The summed E-state index contributed by atoms with van der Waals surface area (Å²) in [6, 6.07) is 16.7. The van der Waals surface area contributed by atoms with E-state index in [4.69, 9.17) is 11.6 Å². The molecule has 1 N–H and O–H groups in total. The van der Waals surface area contributed by atoms with E-state index in [0.29, 0.717) is 23.7 Å². The zero-order valence-corrected chi connectivity index (χ0v) is 16.5. The molecular formula is C20H23ClN2O2S. The molecule has 2 amide bonds. The van der Waals surface area contributed by atoms with E-state index in [-0.39, 0.29) is 11.8 Å². The van der Waals surface area contributed by atoms with E-state index in [2.05, 4.69) is 5.32 Å². The maximum absolute atomic E-state index is 12.8. The largest absolute Gasteiger partial charge is 0.357 e.